The second-order valence-corrected chi connectivity index (χ2v) is 7.43. The summed E-state index contributed by atoms with van der Waals surface area (Å²) in [5.74, 6) is -0.371. The topological polar surface area (TPSA) is 76.1 Å². The van der Waals surface area contributed by atoms with Crippen molar-refractivity contribution in [3.8, 4) is 11.4 Å². The molecule has 3 aromatic carbocycles. The monoisotopic (exact) mass is 455 g/mol. The van der Waals surface area contributed by atoms with Crippen LogP contribution < -0.4 is 15.6 Å². The number of benzene rings is 3. The van der Waals surface area contributed by atoms with Crippen LogP contribution in [0.1, 0.15) is 10.4 Å². The number of carbonyl (C=O) groups excluding carboxylic acids is 1. The Hall–Kier alpha value is -3.49. The molecule has 0 saturated carbocycles. The van der Waals surface area contributed by atoms with E-state index in [0.29, 0.717) is 38.6 Å². The number of carbonyl (C=O) groups is 1. The first-order valence-electron chi connectivity index (χ1n) is 9.07. The molecule has 156 valence electrons. The molecule has 6 nitrogen and oxygen atoms in total. The summed E-state index contributed by atoms with van der Waals surface area (Å²) in [4.78, 5) is 28.7. The number of ether oxygens (including phenoxy) is 1. The van der Waals surface area contributed by atoms with Crippen LogP contribution in [0, 0.1) is 10.6 Å². The molecule has 0 spiro atoms. The zero-order valence-electron chi connectivity index (χ0n) is 16.1. The minimum atomic E-state index is -0.417. The van der Waals surface area contributed by atoms with Gasteiger partial charge in [-0.15, -0.1) is 0 Å². The number of rotatable bonds is 4. The van der Waals surface area contributed by atoms with E-state index in [4.69, 9.17) is 28.6 Å². The Labute approximate surface area is 185 Å². The number of aromatic amines is 1. The molecule has 9 heteroatoms. The molecule has 0 radical (unpaired) electrons. The number of nitrogens with zero attached hydrogens (tertiary/aromatic N) is 1. The highest BCUT2D eigenvalue weighted by Gasteiger charge is 2.14. The van der Waals surface area contributed by atoms with Crippen molar-refractivity contribution in [3.63, 3.8) is 0 Å². The molecule has 1 amide bonds. The third-order valence-corrected chi connectivity index (χ3v) is 5.17. The lowest BCUT2D eigenvalue weighted by Gasteiger charge is -2.12. The summed E-state index contributed by atoms with van der Waals surface area (Å²) in [6, 6.07) is 14.9. The largest absolute Gasteiger partial charge is 0.495 e. The van der Waals surface area contributed by atoms with Gasteiger partial charge >= 0.3 is 0 Å². The van der Waals surface area contributed by atoms with Crippen molar-refractivity contribution in [2.24, 2.45) is 0 Å². The molecule has 1 heterocycles. The lowest BCUT2D eigenvalue weighted by atomic mass is 10.1. The summed E-state index contributed by atoms with van der Waals surface area (Å²) in [5, 5.41) is 3.52. The summed E-state index contributed by atoms with van der Waals surface area (Å²) >= 11 is 11.3. The maximum atomic E-state index is 13.2. The van der Waals surface area contributed by atoms with Gasteiger partial charge in [-0.25, -0.2) is 4.39 Å². The summed E-state index contributed by atoms with van der Waals surface area (Å²) < 4.78 is 19.9. The molecule has 0 unspecified atom stereocenters. The summed E-state index contributed by atoms with van der Waals surface area (Å²) in [7, 11) is 1.49. The summed E-state index contributed by atoms with van der Waals surface area (Å²) in [6.07, 6.45) is 0. The number of fused-ring (bicyclic) bond motifs is 1. The number of amides is 1. The molecule has 2 N–H and O–H groups in total. The van der Waals surface area contributed by atoms with E-state index in [9.17, 15) is 14.0 Å². The first-order chi connectivity index (χ1) is 14.9. The molecule has 0 aliphatic carbocycles. The van der Waals surface area contributed by atoms with E-state index >= 15 is 0 Å². The number of hydrogen-bond acceptors (Lipinski definition) is 4. The lowest BCUT2D eigenvalue weighted by molar-refractivity contribution is 0.102. The number of aromatic nitrogens is 2. The Morgan fingerprint density at radius 2 is 1.87 bits per heavy atom. The fraction of sp³-hybridized carbons (Fsp3) is 0.0455. The van der Waals surface area contributed by atoms with Gasteiger partial charge in [0.15, 0.2) is 4.77 Å². The zero-order valence-corrected chi connectivity index (χ0v) is 17.7. The SMILES string of the molecule is COc1ccc(Cl)cc1NC(=O)c1ccc2c(=O)n(-c3ccc(F)cc3)c(=S)[nH]c2c1. The number of halogens is 2. The van der Waals surface area contributed by atoms with Crippen molar-refractivity contribution in [1.82, 2.24) is 9.55 Å². The summed E-state index contributed by atoms with van der Waals surface area (Å²) in [5.41, 5.74) is 1.18. The number of nitrogens with one attached hydrogen (secondary N) is 2. The molecule has 1 aromatic heterocycles. The van der Waals surface area contributed by atoms with Gasteiger partial charge < -0.3 is 15.0 Å². The molecule has 0 fully saturated rings. The Kier molecular flexibility index (Phi) is 5.58. The average molecular weight is 456 g/mol. The maximum absolute atomic E-state index is 13.2. The highest BCUT2D eigenvalue weighted by Crippen LogP contribution is 2.28. The van der Waals surface area contributed by atoms with Gasteiger partial charge in [-0.3, -0.25) is 14.2 Å². The molecule has 4 aromatic rings. The number of anilines is 1. The zero-order chi connectivity index (χ0) is 22.1. The smallest absolute Gasteiger partial charge is 0.266 e. The van der Waals surface area contributed by atoms with E-state index in [2.05, 4.69) is 10.3 Å². The number of methoxy groups -OCH3 is 1. The van der Waals surface area contributed by atoms with Gasteiger partial charge in [0.1, 0.15) is 11.6 Å². The quantitative estimate of drug-likeness (QED) is 0.420. The highest BCUT2D eigenvalue weighted by atomic mass is 35.5. The third-order valence-electron chi connectivity index (χ3n) is 4.65. The van der Waals surface area contributed by atoms with Gasteiger partial charge in [-0.05, 0) is 72.9 Å². The van der Waals surface area contributed by atoms with Crippen LogP contribution in [0.5, 0.6) is 5.75 Å². The van der Waals surface area contributed by atoms with Crippen LogP contribution in [0.2, 0.25) is 5.02 Å². The predicted molar refractivity (Wildman–Crippen MR) is 121 cm³/mol. The molecule has 0 aliphatic heterocycles. The van der Waals surface area contributed by atoms with Crippen molar-refractivity contribution in [3.05, 3.63) is 92.2 Å². The normalized spacial score (nSPS) is 10.8. The van der Waals surface area contributed by atoms with Crippen molar-refractivity contribution in [2.45, 2.75) is 0 Å². The van der Waals surface area contributed by atoms with Gasteiger partial charge in [-0.2, -0.15) is 0 Å². The molecule has 31 heavy (non-hydrogen) atoms. The Morgan fingerprint density at radius 1 is 1.13 bits per heavy atom. The van der Waals surface area contributed by atoms with Gasteiger partial charge in [0.25, 0.3) is 11.5 Å². The fourth-order valence-electron chi connectivity index (χ4n) is 3.16. The van der Waals surface area contributed by atoms with Gasteiger partial charge in [-0.1, -0.05) is 11.6 Å². The molecule has 0 aliphatic rings. The minimum absolute atomic E-state index is 0.123. The van der Waals surface area contributed by atoms with Crippen LogP contribution in [0.4, 0.5) is 10.1 Å². The van der Waals surface area contributed by atoms with Gasteiger partial charge in [0.2, 0.25) is 0 Å². The number of H-pyrrole nitrogens is 1. The minimum Gasteiger partial charge on any atom is -0.495 e. The Bertz CT molecular complexity index is 1430. The third kappa shape index (κ3) is 4.08. The molecule has 0 bridgehead atoms. The first kappa shape index (κ1) is 20.8. The Balaban J connectivity index is 1.74. The van der Waals surface area contributed by atoms with E-state index in [0.717, 1.165) is 0 Å². The van der Waals surface area contributed by atoms with Crippen LogP contribution in [0.3, 0.4) is 0 Å². The second kappa shape index (κ2) is 8.33. The van der Waals surface area contributed by atoms with E-state index in [1.807, 2.05) is 0 Å². The molecule has 0 atom stereocenters. The average Bonchev–Trinajstić information content (AvgIpc) is 2.75. The molecular weight excluding hydrogens is 441 g/mol. The van der Waals surface area contributed by atoms with E-state index in [1.54, 1.807) is 18.2 Å². The predicted octanol–water partition coefficient (Wildman–Crippen LogP) is 5.10. The van der Waals surface area contributed by atoms with Crippen LogP contribution in [-0.4, -0.2) is 22.6 Å². The maximum Gasteiger partial charge on any atom is 0.266 e. The van der Waals surface area contributed by atoms with E-state index in [-0.39, 0.29) is 10.3 Å². The van der Waals surface area contributed by atoms with Crippen molar-refractivity contribution in [1.29, 1.82) is 0 Å². The van der Waals surface area contributed by atoms with E-state index < -0.39 is 11.7 Å². The Morgan fingerprint density at radius 3 is 2.58 bits per heavy atom. The summed E-state index contributed by atoms with van der Waals surface area (Å²) in [6.45, 7) is 0. The first-order valence-corrected chi connectivity index (χ1v) is 9.86. The van der Waals surface area contributed by atoms with Crippen molar-refractivity contribution >= 4 is 46.3 Å². The molecule has 0 saturated heterocycles. The van der Waals surface area contributed by atoms with Crippen LogP contribution >= 0.6 is 23.8 Å². The van der Waals surface area contributed by atoms with Crippen molar-refractivity contribution in [2.75, 3.05) is 12.4 Å². The van der Waals surface area contributed by atoms with Crippen LogP contribution in [-0.2, 0) is 0 Å². The van der Waals surface area contributed by atoms with Crippen molar-refractivity contribution < 1.29 is 13.9 Å². The molecule has 4 rings (SSSR count). The second-order valence-electron chi connectivity index (χ2n) is 6.61. The lowest BCUT2D eigenvalue weighted by Crippen LogP contribution is -2.21. The van der Waals surface area contributed by atoms with Crippen LogP contribution in [0.25, 0.3) is 16.6 Å². The van der Waals surface area contributed by atoms with E-state index in [1.165, 1.54) is 54.1 Å². The molecular formula is C22H15ClFN3O3S. The standard InChI is InChI=1S/C22H15ClFN3O3S/c1-30-19-9-3-13(23)11-18(19)25-20(28)12-2-8-16-17(10-12)26-22(31)27(21(16)29)15-6-4-14(24)5-7-15/h2-11H,1H3,(H,25,28)(H,26,31). The fourth-order valence-corrected chi connectivity index (χ4v) is 3.63. The van der Waals surface area contributed by atoms with Gasteiger partial charge in [0.05, 0.1) is 29.4 Å². The van der Waals surface area contributed by atoms with Gasteiger partial charge in [0, 0.05) is 10.6 Å². The number of hydrogen-bond donors (Lipinski definition) is 2. The van der Waals surface area contributed by atoms with Crippen LogP contribution in [0.15, 0.2) is 65.5 Å². The highest BCUT2D eigenvalue weighted by molar-refractivity contribution is 7.71.